The summed E-state index contributed by atoms with van der Waals surface area (Å²) in [6, 6.07) is 8.25. The third kappa shape index (κ3) is 3.62. The van der Waals surface area contributed by atoms with Crippen molar-refractivity contribution in [2.75, 3.05) is 6.54 Å². The minimum Gasteiger partial charge on any atom is -0.335 e. The molecule has 2 aromatic rings. The number of nitrogens with zero attached hydrogens (tertiary/aromatic N) is 2. The summed E-state index contributed by atoms with van der Waals surface area (Å²) in [6.45, 7) is 6.22. The number of hydrogen-bond donors (Lipinski definition) is 1. The molecule has 4 heteroatoms. The Morgan fingerprint density at radius 3 is 2.80 bits per heavy atom. The standard InChI is InChI=1S/C16H22ClN3/c1-3-9-18-15(13-7-5-6-8-14(13)17)12-16-19-10-11-20(16)4-2/h5-8,10-11,15,18H,3-4,9,12H2,1-2H3. The van der Waals surface area contributed by atoms with Gasteiger partial charge in [-0.2, -0.15) is 0 Å². The van der Waals surface area contributed by atoms with Gasteiger partial charge in [-0.25, -0.2) is 4.98 Å². The Bertz CT molecular complexity index is 536. The first-order chi connectivity index (χ1) is 9.76. The molecule has 0 bridgehead atoms. The fraction of sp³-hybridized carbons (Fsp3) is 0.438. The molecule has 2 rings (SSSR count). The van der Waals surface area contributed by atoms with Crippen LogP contribution in [0, 0.1) is 0 Å². The highest BCUT2D eigenvalue weighted by molar-refractivity contribution is 6.31. The molecule has 0 amide bonds. The van der Waals surface area contributed by atoms with Gasteiger partial charge in [0.1, 0.15) is 5.82 Å². The zero-order chi connectivity index (χ0) is 14.4. The van der Waals surface area contributed by atoms with Crippen LogP contribution in [0.3, 0.4) is 0 Å². The Labute approximate surface area is 126 Å². The fourth-order valence-corrected chi connectivity index (χ4v) is 2.64. The lowest BCUT2D eigenvalue weighted by Crippen LogP contribution is -2.25. The van der Waals surface area contributed by atoms with Crippen LogP contribution in [0.15, 0.2) is 36.7 Å². The quantitative estimate of drug-likeness (QED) is 0.840. The average molecular weight is 292 g/mol. The number of aromatic nitrogens is 2. The van der Waals surface area contributed by atoms with Gasteiger partial charge in [0, 0.05) is 36.4 Å². The Morgan fingerprint density at radius 1 is 1.30 bits per heavy atom. The van der Waals surface area contributed by atoms with E-state index in [1.54, 1.807) is 0 Å². The van der Waals surface area contributed by atoms with Crippen molar-refractivity contribution >= 4 is 11.6 Å². The number of hydrogen-bond acceptors (Lipinski definition) is 2. The lowest BCUT2D eigenvalue weighted by atomic mass is 10.0. The van der Waals surface area contributed by atoms with E-state index in [2.05, 4.69) is 34.8 Å². The smallest absolute Gasteiger partial charge is 0.110 e. The second kappa shape index (κ2) is 7.46. The maximum Gasteiger partial charge on any atom is 0.110 e. The molecule has 108 valence electrons. The van der Waals surface area contributed by atoms with Gasteiger partial charge in [-0.3, -0.25) is 0 Å². The van der Waals surface area contributed by atoms with Gasteiger partial charge in [-0.1, -0.05) is 36.7 Å². The van der Waals surface area contributed by atoms with Gasteiger partial charge in [-0.05, 0) is 31.5 Å². The van der Waals surface area contributed by atoms with Crippen LogP contribution in [0.1, 0.15) is 37.7 Å². The highest BCUT2D eigenvalue weighted by Crippen LogP contribution is 2.25. The zero-order valence-electron chi connectivity index (χ0n) is 12.1. The van der Waals surface area contributed by atoms with Crippen molar-refractivity contribution in [3.05, 3.63) is 53.1 Å². The lowest BCUT2D eigenvalue weighted by molar-refractivity contribution is 0.506. The van der Waals surface area contributed by atoms with Crippen LogP contribution in [0.25, 0.3) is 0 Å². The van der Waals surface area contributed by atoms with E-state index >= 15 is 0 Å². The summed E-state index contributed by atoms with van der Waals surface area (Å²) in [7, 11) is 0. The SMILES string of the molecule is CCCNC(Cc1nccn1CC)c1ccccc1Cl. The number of imidazole rings is 1. The first-order valence-corrected chi connectivity index (χ1v) is 7.61. The van der Waals surface area contributed by atoms with Crippen LogP contribution in [0.2, 0.25) is 5.02 Å². The van der Waals surface area contributed by atoms with E-state index in [0.717, 1.165) is 42.3 Å². The Morgan fingerprint density at radius 2 is 2.10 bits per heavy atom. The summed E-state index contributed by atoms with van der Waals surface area (Å²) in [5.41, 5.74) is 1.15. The summed E-state index contributed by atoms with van der Waals surface area (Å²) < 4.78 is 2.18. The summed E-state index contributed by atoms with van der Waals surface area (Å²) in [5, 5.41) is 4.39. The molecule has 0 fully saturated rings. The molecule has 0 spiro atoms. The van der Waals surface area contributed by atoms with E-state index in [9.17, 15) is 0 Å². The number of benzene rings is 1. The normalized spacial score (nSPS) is 12.6. The maximum absolute atomic E-state index is 6.34. The van der Waals surface area contributed by atoms with E-state index in [-0.39, 0.29) is 6.04 Å². The van der Waals surface area contributed by atoms with E-state index in [4.69, 9.17) is 11.6 Å². The van der Waals surface area contributed by atoms with E-state index < -0.39 is 0 Å². The van der Waals surface area contributed by atoms with Crippen molar-refractivity contribution in [1.82, 2.24) is 14.9 Å². The van der Waals surface area contributed by atoms with Gasteiger partial charge in [0.25, 0.3) is 0 Å². The Kier molecular flexibility index (Phi) is 5.62. The molecule has 1 atom stereocenters. The molecule has 0 radical (unpaired) electrons. The maximum atomic E-state index is 6.34. The molecule has 3 nitrogen and oxygen atoms in total. The van der Waals surface area contributed by atoms with Gasteiger partial charge in [0.2, 0.25) is 0 Å². The molecular formula is C16H22ClN3. The third-order valence-electron chi connectivity index (χ3n) is 3.45. The van der Waals surface area contributed by atoms with Crippen LogP contribution < -0.4 is 5.32 Å². The van der Waals surface area contributed by atoms with E-state index in [1.165, 1.54) is 0 Å². The number of rotatable bonds is 7. The highest BCUT2D eigenvalue weighted by Gasteiger charge is 2.16. The van der Waals surface area contributed by atoms with Crippen LogP contribution in [0.5, 0.6) is 0 Å². The predicted molar refractivity (Wildman–Crippen MR) is 84.1 cm³/mol. The van der Waals surface area contributed by atoms with Gasteiger partial charge in [-0.15, -0.1) is 0 Å². The fourth-order valence-electron chi connectivity index (χ4n) is 2.37. The summed E-state index contributed by atoms with van der Waals surface area (Å²) in [6.07, 6.45) is 5.84. The molecule has 0 saturated carbocycles. The zero-order valence-corrected chi connectivity index (χ0v) is 12.9. The van der Waals surface area contributed by atoms with Gasteiger partial charge >= 0.3 is 0 Å². The number of aryl methyl sites for hydroxylation is 1. The van der Waals surface area contributed by atoms with Crippen molar-refractivity contribution < 1.29 is 0 Å². The van der Waals surface area contributed by atoms with Crippen molar-refractivity contribution in [1.29, 1.82) is 0 Å². The molecule has 0 aliphatic carbocycles. The van der Waals surface area contributed by atoms with Gasteiger partial charge < -0.3 is 9.88 Å². The topological polar surface area (TPSA) is 29.9 Å². The molecule has 1 heterocycles. The molecule has 1 N–H and O–H groups in total. The Balaban J connectivity index is 2.22. The van der Waals surface area contributed by atoms with E-state index in [0.29, 0.717) is 0 Å². The molecule has 0 saturated heterocycles. The monoisotopic (exact) mass is 291 g/mol. The minimum atomic E-state index is 0.205. The first kappa shape index (κ1) is 15.1. The third-order valence-corrected chi connectivity index (χ3v) is 3.79. The average Bonchev–Trinajstić information content (AvgIpc) is 2.91. The largest absolute Gasteiger partial charge is 0.335 e. The second-order valence-electron chi connectivity index (χ2n) is 4.86. The summed E-state index contributed by atoms with van der Waals surface area (Å²) >= 11 is 6.34. The second-order valence-corrected chi connectivity index (χ2v) is 5.27. The summed E-state index contributed by atoms with van der Waals surface area (Å²) in [4.78, 5) is 4.47. The van der Waals surface area contributed by atoms with Crippen LogP contribution in [-0.4, -0.2) is 16.1 Å². The predicted octanol–water partition coefficient (Wildman–Crippen LogP) is 3.84. The van der Waals surface area contributed by atoms with Crippen LogP contribution in [-0.2, 0) is 13.0 Å². The summed E-state index contributed by atoms with van der Waals surface area (Å²) in [5.74, 6) is 1.10. The molecule has 0 aliphatic rings. The van der Waals surface area contributed by atoms with Crippen molar-refractivity contribution in [2.45, 2.75) is 39.3 Å². The van der Waals surface area contributed by atoms with Crippen molar-refractivity contribution in [2.24, 2.45) is 0 Å². The van der Waals surface area contributed by atoms with Gasteiger partial charge in [0.05, 0.1) is 0 Å². The van der Waals surface area contributed by atoms with Gasteiger partial charge in [0.15, 0.2) is 0 Å². The molecular weight excluding hydrogens is 270 g/mol. The highest BCUT2D eigenvalue weighted by atomic mass is 35.5. The number of nitrogens with one attached hydrogen (secondary N) is 1. The van der Waals surface area contributed by atoms with Crippen LogP contribution in [0.4, 0.5) is 0 Å². The van der Waals surface area contributed by atoms with Crippen molar-refractivity contribution in [3.8, 4) is 0 Å². The van der Waals surface area contributed by atoms with Crippen molar-refractivity contribution in [3.63, 3.8) is 0 Å². The first-order valence-electron chi connectivity index (χ1n) is 7.24. The number of halogens is 1. The molecule has 20 heavy (non-hydrogen) atoms. The lowest BCUT2D eigenvalue weighted by Gasteiger charge is -2.20. The Hall–Kier alpha value is -1.32. The van der Waals surface area contributed by atoms with Crippen LogP contribution >= 0.6 is 11.6 Å². The molecule has 1 aromatic carbocycles. The molecule has 1 aromatic heterocycles. The van der Waals surface area contributed by atoms with E-state index in [1.807, 2.05) is 30.6 Å². The minimum absolute atomic E-state index is 0.205. The molecule has 0 aliphatic heterocycles. The molecule has 1 unspecified atom stereocenters.